The molecule has 1 heterocycles. The molecule has 4 heteroatoms. The Morgan fingerprint density at radius 3 is 2.62 bits per heavy atom. The predicted octanol–water partition coefficient (Wildman–Crippen LogP) is 0.925. The first-order valence-electron chi connectivity index (χ1n) is 6.46. The minimum atomic E-state index is -0.677. The van der Waals surface area contributed by atoms with Crippen LogP contribution < -0.4 is 5.32 Å². The molecule has 1 saturated heterocycles. The maximum atomic E-state index is 11.0. The molecule has 4 nitrogen and oxygen atoms in total. The molecule has 0 radical (unpaired) electrons. The summed E-state index contributed by atoms with van der Waals surface area (Å²) in [6, 6.07) is -0.293. The monoisotopic (exact) mass is 226 g/mol. The van der Waals surface area contributed by atoms with Crippen LogP contribution in [0.25, 0.3) is 0 Å². The van der Waals surface area contributed by atoms with Gasteiger partial charge in [0.25, 0.3) is 0 Å². The molecule has 1 saturated carbocycles. The van der Waals surface area contributed by atoms with Crippen molar-refractivity contribution in [3.05, 3.63) is 0 Å². The van der Waals surface area contributed by atoms with Gasteiger partial charge in [-0.2, -0.15) is 0 Å². The van der Waals surface area contributed by atoms with Crippen molar-refractivity contribution in [2.75, 3.05) is 26.2 Å². The van der Waals surface area contributed by atoms with Crippen LogP contribution in [0.1, 0.15) is 32.1 Å². The number of aliphatic carboxylic acids is 1. The highest BCUT2D eigenvalue weighted by Crippen LogP contribution is 2.32. The fraction of sp³-hybridized carbons (Fsp3) is 0.917. The molecule has 0 aromatic carbocycles. The van der Waals surface area contributed by atoms with E-state index in [9.17, 15) is 4.79 Å². The van der Waals surface area contributed by atoms with Crippen molar-refractivity contribution in [1.82, 2.24) is 10.2 Å². The molecule has 92 valence electrons. The van der Waals surface area contributed by atoms with E-state index in [0.29, 0.717) is 5.92 Å². The molecule has 1 aliphatic carbocycles. The SMILES string of the molecule is O=C(O)C(NCCCN1CCCC1)C1CC1. The number of carboxylic acid groups (broad SMARTS) is 1. The molecular weight excluding hydrogens is 204 g/mol. The Labute approximate surface area is 97.0 Å². The van der Waals surface area contributed by atoms with Gasteiger partial charge in [-0.3, -0.25) is 4.79 Å². The fourth-order valence-electron chi connectivity index (χ4n) is 2.45. The first kappa shape index (κ1) is 11.9. The molecular formula is C12H22N2O2. The second-order valence-corrected chi connectivity index (χ2v) is 5.01. The zero-order chi connectivity index (χ0) is 11.4. The largest absolute Gasteiger partial charge is 0.480 e. The van der Waals surface area contributed by atoms with Crippen LogP contribution in [0.3, 0.4) is 0 Å². The highest BCUT2D eigenvalue weighted by molar-refractivity contribution is 5.74. The van der Waals surface area contributed by atoms with E-state index in [2.05, 4.69) is 10.2 Å². The molecule has 0 bridgehead atoms. The first-order chi connectivity index (χ1) is 7.77. The van der Waals surface area contributed by atoms with Crippen molar-refractivity contribution in [1.29, 1.82) is 0 Å². The first-order valence-corrected chi connectivity index (χ1v) is 6.46. The van der Waals surface area contributed by atoms with Gasteiger partial charge in [-0.1, -0.05) is 0 Å². The third kappa shape index (κ3) is 3.46. The molecule has 0 amide bonds. The minimum Gasteiger partial charge on any atom is -0.480 e. The number of rotatable bonds is 7. The lowest BCUT2D eigenvalue weighted by Crippen LogP contribution is -2.39. The maximum Gasteiger partial charge on any atom is 0.320 e. The standard InChI is InChI=1S/C12H22N2O2/c15-12(16)11(10-4-5-10)13-6-3-9-14-7-1-2-8-14/h10-11,13H,1-9H2,(H,15,16). The zero-order valence-electron chi connectivity index (χ0n) is 9.82. The Morgan fingerprint density at radius 2 is 2.06 bits per heavy atom. The maximum absolute atomic E-state index is 11.0. The Balaban J connectivity index is 1.57. The normalized spacial score (nSPS) is 23.5. The number of hydrogen-bond donors (Lipinski definition) is 2. The van der Waals surface area contributed by atoms with Gasteiger partial charge in [0.1, 0.15) is 6.04 Å². The average Bonchev–Trinajstić information content (AvgIpc) is 2.94. The smallest absolute Gasteiger partial charge is 0.320 e. The summed E-state index contributed by atoms with van der Waals surface area (Å²) < 4.78 is 0. The van der Waals surface area contributed by atoms with Crippen LogP contribution in [0.4, 0.5) is 0 Å². The van der Waals surface area contributed by atoms with Crippen molar-refractivity contribution < 1.29 is 9.90 Å². The Hall–Kier alpha value is -0.610. The van der Waals surface area contributed by atoms with Gasteiger partial charge in [0, 0.05) is 0 Å². The zero-order valence-corrected chi connectivity index (χ0v) is 9.82. The summed E-state index contributed by atoms with van der Waals surface area (Å²) in [5.41, 5.74) is 0. The third-order valence-corrected chi connectivity index (χ3v) is 3.57. The molecule has 1 aliphatic heterocycles. The second-order valence-electron chi connectivity index (χ2n) is 5.01. The molecule has 0 aromatic rings. The van der Waals surface area contributed by atoms with Gasteiger partial charge >= 0.3 is 5.97 Å². The topological polar surface area (TPSA) is 52.6 Å². The summed E-state index contributed by atoms with van der Waals surface area (Å²) in [5.74, 6) is -0.284. The van der Waals surface area contributed by atoms with Gasteiger partial charge < -0.3 is 15.3 Å². The van der Waals surface area contributed by atoms with Crippen LogP contribution in [-0.4, -0.2) is 48.2 Å². The van der Waals surface area contributed by atoms with E-state index < -0.39 is 5.97 Å². The lowest BCUT2D eigenvalue weighted by molar-refractivity contribution is -0.140. The van der Waals surface area contributed by atoms with Gasteiger partial charge in [0.15, 0.2) is 0 Å². The van der Waals surface area contributed by atoms with Crippen molar-refractivity contribution >= 4 is 5.97 Å². The highest BCUT2D eigenvalue weighted by Gasteiger charge is 2.35. The van der Waals surface area contributed by atoms with Crippen molar-refractivity contribution in [3.8, 4) is 0 Å². The van der Waals surface area contributed by atoms with E-state index in [1.807, 2.05) is 0 Å². The Kier molecular flexibility index (Phi) is 4.18. The molecule has 2 aliphatic rings. The third-order valence-electron chi connectivity index (χ3n) is 3.57. The fourth-order valence-corrected chi connectivity index (χ4v) is 2.45. The Morgan fingerprint density at radius 1 is 1.38 bits per heavy atom. The molecule has 1 unspecified atom stereocenters. The molecule has 2 fully saturated rings. The van der Waals surface area contributed by atoms with Gasteiger partial charge in [0.05, 0.1) is 0 Å². The minimum absolute atomic E-state index is 0.293. The van der Waals surface area contributed by atoms with Gasteiger partial charge in [-0.25, -0.2) is 0 Å². The van der Waals surface area contributed by atoms with E-state index in [1.54, 1.807) is 0 Å². The van der Waals surface area contributed by atoms with Crippen molar-refractivity contribution in [2.24, 2.45) is 5.92 Å². The van der Waals surface area contributed by atoms with Crippen molar-refractivity contribution in [3.63, 3.8) is 0 Å². The van der Waals surface area contributed by atoms with Crippen molar-refractivity contribution in [2.45, 2.75) is 38.1 Å². The quantitative estimate of drug-likeness (QED) is 0.634. The summed E-state index contributed by atoms with van der Waals surface area (Å²) in [4.78, 5) is 13.4. The number of carboxylic acids is 1. The Bertz CT molecular complexity index is 235. The molecule has 0 aromatic heterocycles. The molecule has 1 atom stereocenters. The summed E-state index contributed by atoms with van der Waals surface area (Å²) >= 11 is 0. The van der Waals surface area contributed by atoms with E-state index in [1.165, 1.54) is 25.9 Å². The average molecular weight is 226 g/mol. The van der Waals surface area contributed by atoms with Gasteiger partial charge in [-0.05, 0) is 64.2 Å². The van der Waals surface area contributed by atoms with Crippen LogP contribution in [0.2, 0.25) is 0 Å². The molecule has 2 rings (SSSR count). The van der Waals surface area contributed by atoms with E-state index >= 15 is 0 Å². The summed E-state index contributed by atoms with van der Waals surface area (Å²) in [6.07, 6.45) is 5.88. The predicted molar refractivity (Wildman–Crippen MR) is 62.4 cm³/mol. The number of likely N-dealkylation sites (tertiary alicyclic amines) is 1. The number of hydrogen-bond acceptors (Lipinski definition) is 3. The van der Waals surface area contributed by atoms with Crippen LogP contribution in [0.15, 0.2) is 0 Å². The number of nitrogens with zero attached hydrogens (tertiary/aromatic N) is 1. The van der Waals surface area contributed by atoms with E-state index in [4.69, 9.17) is 5.11 Å². The molecule has 16 heavy (non-hydrogen) atoms. The van der Waals surface area contributed by atoms with Gasteiger partial charge in [-0.15, -0.1) is 0 Å². The lowest BCUT2D eigenvalue weighted by atomic mass is 10.2. The van der Waals surface area contributed by atoms with Crippen LogP contribution in [0.5, 0.6) is 0 Å². The number of nitrogens with one attached hydrogen (secondary N) is 1. The van der Waals surface area contributed by atoms with E-state index in [0.717, 1.165) is 32.4 Å². The second kappa shape index (κ2) is 5.64. The van der Waals surface area contributed by atoms with Crippen LogP contribution in [-0.2, 0) is 4.79 Å². The van der Waals surface area contributed by atoms with Crippen LogP contribution in [0, 0.1) is 5.92 Å². The summed E-state index contributed by atoms with van der Waals surface area (Å²) in [5, 5.41) is 12.2. The molecule has 0 spiro atoms. The summed E-state index contributed by atoms with van der Waals surface area (Å²) in [7, 11) is 0. The van der Waals surface area contributed by atoms with E-state index in [-0.39, 0.29) is 6.04 Å². The van der Waals surface area contributed by atoms with Crippen LogP contribution >= 0.6 is 0 Å². The molecule has 2 N–H and O–H groups in total. The summed E-state index contributed by atoms with van der Waals surface area (Å²) in [6.45, 7) is 4.41. The lowest BCUT2D eigenvalue weighted by Gasteiger charge is -2.16. The highest BCUT2D eigenvalue weighted by atomic mass is 16.4. The van der Waals surface area contributed by atoms with Gasteiger partial charge in [0.2, 0.25) is 0 Å². The number of carbonyl (C=O) groups is 1.